The van der Waals surface area contributed by atoms with Gasteiger partial charge in [-0.1, -0.05) is 43.3 Å². The van der Waals surface area contributed by atoms with Crippen LogP contribution < -0.4 is 10.6 Å². The molecule has 31 heavy (non-hydrogen) atoms. The van der Waals surface area contributed by atoms with Gasteiger partial charge < -0.3 is 20.6 Å². The lowest BCUT2D eigenvalue weighted by Gasteiger charge is -2.20. The molecule has 0 aromatic heterocycles. The molecule has 3 N–H and O–H groups in total. The van der Waals surface area contributed by atoms with Gasteiger partial charge in [0.25, 0.3) is 17.7 Å². The number of nitrogens with one attached hydrogen (secondary N) is 2. The van der Waals surface area contributed by atoms with E-state index in [9.17, 15) is 19.5 Å². The lowest BCUT2D eigenvalue weighted by Crippen LogP contribution is -2.31. The molecule has 2 aromatic rings. The van der Waals surface area contributed by atoms with Crippen molar-refractivity contribution in [2.24, 2.45) is 0 Å². The van der Waals surface area contributed by atoms with Crippen LogP contribution in [0.3, 0.4) is 0 Å². The number of carbonyl (C=O) groups excluding carboxylic acids is 3. The van der Waals surface area contributed by atoms with Crippen LogP contribution in [0.4, 0.5) is 5.69 Å². The number of hydrogen-bond acceptors (Lipinski definition) is 6. The fraction of sp³-hybridized carbons (Fsp3) is 0.261. The number of likely N-dealkylation sites (N-methyl/N-ethyl adjacent to an activating group) is 1. The van der Waals surface area contributed by atoms with Crippen molar-refractivity contribution < 1.29 is 19.5 Å². The molecule has 162 valence electrons. The lowest BCUT2D eigenvalue weighted by atomic mass is 10.0. The summed E-state index contributed by atoms with van der Waals surface area (Å²) in [6, 6.07) is 14.1. The molecule has 8 nitrogen and oxygen atoms in total. The third-order valence-corrected chi connectivity index (χ3v) is 5.15. The van der Waals surface area contributed by atoms with E-state index in [1.807, 2.05) is 37.3 Å². The highest BCUT2D eigenvalue weighted by Gasteiger charge is 2.37. The van der Waals surface area contributed by atoms with Crippen LogP contribution in [0.25, 0.3) is 0 Å². The lowest BCUT2D eigenvalue weighted by molar-refractivity contribution is -0.136. The van der Waals surface area contributed by atoms with Gasteiger partial charge in [-0.3, -0.25) is 19.3 Å². The van der Waals surface area contributed by atoms with Crippen molar-refractivity contribution in [3.63, 3.8) is 0 Å². The first kappa shape index (κ1) is 21.9. The number of imide groups is 1. The van der Waals surface area contributed by atoms with Gasteiger partial charge in [0.2, 0.25) is 0 Å². The first-order valence-corrected chi connectivity index (χ1v) is 9.95. The van der Waals surface area contributed by atoms with Gasteiger partial charge in [-0.2, -0.15) is 0 Å². The molecule has 3 amide bonds. The Hall–Kier alpha value is -3.81. The van der Waals surface area contributed by atoms with Crippen LogP contribution >= 0.6 is 0 Å². The molecular formula is C23H26N4O4. The van der Waals surface area contributed by atoms with E-state index in [4.69, 9.17) is 0 Å². The van der Waals surface area contributed by atoms with Crippen LogP contribution in [-0.2, 0) is 9.59 Å². The number of nitrogens with zero attached hydrogens (tertiary/aromatic N) is 2. The zero-order chi connectivity index (χ0) is 22.7. The van der Waals surface area contributed by atoms with Gasteiger partial charge >= 0.3 is 0 Å². The topological polar surface area (TPSA) is 102 Å². The highest BCUT2D eigenvalue weighted by atomic mass is 16.3. The molecule has 2 aromatic carbocycles. The quantitative estimate of drug-likeness (QED) is 0.468. The Morgan fingerprint density at radius 3 is 2.29 bits per heavy atom. The SMILES string of the molecule is CC[C@@H](NC1=C(Nc2cccc(C(=O)N(C)C)c2O)C(=O)N(C)C1=O)c1ccccc1. The zero-order valence-electron chi connectivity index (χ0n) is 18.0. The molecule has 0 aliphatic carbocycles. The number of amides is 3. The predicted molar refractivity (Wildman–Crippen MR) is 117 cm³/mol. The summed E-state index contributed by atoms with van der Waals surface area (Å²) in [4.78, 5) is 40.2. The number of carbonyl (C=O) groups is 3. The molecule has 3 rings (SSSR count). The van der Waals surface area contributed by atoms with Crippen LogP contribution in [0, 0.1) is 0 Å². The Bertz CT molecular complexity index is 1050. The Kier molecular flexibility index (Phi) is 6.29. The normalized spacial score (nSPS) is 14.6. The Balaban J connectivity index is 1.99. The second-order valence-electron chi connectivity index (χ2n) is 7.46. The first-order chi connectivity index (χ1) is 14.8. The molecule has 0 radical (unpaired) electrons. The van der Waals surface area contributed by atoms with E-state index < -0.39 is 11.8 Å². The molecule has 0 fully saturated rings. The molecule has 0 saturated carbocycles. The maximum Gasteiger partial charge on any atom is 0.279 e. The third-order valence-electron chi connectivity index (χ3n) is 5.15. The minimum atomic E-state index is -0.529. The number of benzene rings is 2. The van der Waals surface area contributed by atoms with E-state index in [1.54, 1.807) is 20.2 Å². The van der Waals surface area contributed by atoms with Gasteiger partial charge in [0.05, 0.1) is 17.3 Å². The summed E-state index contributed by atoms with van der Waals surface area (Å²) in [7, 11) is 4.56. The van der Waals surface area contributed by atoms with Crippen molar-refractivity contribution in [3.8, 4) is 5.75 Å². The highest BCUT2D eigenvalue weighted by Crippen LogP contribution is 2.32. The number of anilines is 1. The third kappa shape index (κ3) is 4.23. The maximum atomic E-state index is 12.8. The maximum absolute atomic E-state index is 12.8. The smallest absolute Gasteiger partial charge is 0.279 e. The number of rotatable bonds is 7. The second kappa shape index (κ2) is 8.91. The largest absolute Gasteiger partial charge is 0.505 e. The Morgan fingerprint density at radius 2 is 1.68 bits per heavy atom. The van der Waals surface area contributed by atoms with Gasteiger partial charge in [0.15, 0.2) is 5.75 Å². The molecule has 0 bridgehead atoms. The average molecular weight is 422 g/mol. The van der Waals surface area contributed by atoms with Crippen molar-refractivity contribution in [1.82, 2.24) is 15.1 Å². The number of hydrogen-bond donors (Lipinski definition) is 3. The molecule has 0 unspecified atom stereocenters. The van der Waals surface area contributed by atoms with E-state index in [2.05, 4.69) is 10.6 Å². The van der Waals surface area contributed by atoms with Gasteiger partial charge in [-0.05, 0) is 24.1 Å². The summed E-state index contributed by atoms with van der Waals surface area (Å²) in [5, 5.41) is 16.7. The van der Waals surface area contributed by atoms with Crippen LogP contribution in [0.5, 0.6) is 5.75 Å². The standard InChI is InChI=1S/C23H26N4O4/c1-5-16(14-10-7-6-8-11-14)24-18-19(23(31)27(4)22(18)30)25-17-13-9-12-15(20(17)28)21(29)26(2)3/h6-13,16,24-25,28H,5H2,1-4H3/t16-/m1/s1. The van der Waals surface area contributed by atoms with E-state index >= 15 is 0 Å². The van der Waals surface area contributed by atoms with Crippen LogP contribution in [0.1, 0.15) is 35.3 Å². The minimum Gasteiger partial charge on any atom is -0.505 e. The van der Waals surface area contributed by atoms with Gasteiger partial charge in [0.1, 0.15) is 11.4 Å². The zero-order valence-corrected chi connectivity index (χ0v) is 18.0. The Morgan fingerprint density at radius 1 is 1.03 bits per heavy atom. The highest BCUT2D eigenvalue weighted by molar-refractivity contribution is 6.20. The molecule has 8 heteroatoms. The van der Waals surface area contributed by atoms with Crippen molar-refractivity contribution in [2.45, 2.75) is 19.4 Å². The number of aromatic hydroxyl groups is 1. The molecule has 1 aliphatic heterocycles. The van der Waals surface area contributed by atoms with E-state index in [0.29, 0.717) is 6.42 Å². The number of phenolic OH excluding ortho intramolecular Hbond substituents is 1. The fourth-order valence-corrected chi connectivity index (χ4v) is 3.36. The monoisotopic (exact) mass is 422 g/mol. The van der Waals surface area contributed by atoms with E-state index in [0.717, 1.165) is 10.5 Å². The minimum absolute atomic E-state index is 0.0200. The van der Waals surface area contributed by atoms with Gasteiger partial charge in [-0.15, -0.1) is 0 Å². The Labute approximate surface area is 181 Å². The predicted octanol–water partition coefficient (Wildman–Crippen LogP) is 2.46. The van der Waals surface area contributed by atoms with Crippen molar-refractivity contribution >= 4 is 23.4 Å². The average Bonchev–Trinajstić information content (AvgIpc) is 2.96. The number of para-hydroxylation sites is 1. The molecule has 1 atom stereocenters. The van der Waals surface area contributed by atoms with Crippen LogP contribution in [0.15, 0.2) is 59.9 Å². The summed E-state index contributed by atoms with van der Waals surface area (Å²) in [5.41, 5.74) is 1.36. The van der Waals surface area contributed by atoms with Crippen molar-refractivity contribution in [3.05, 3.63) is 71.1 Å². The summed E-state index contributed by atoms with van der Waals surface area (Å²) in [6.45, 7) is 1.98. The van der Waals surface area contributed by atoms with E-state index in [1.165, 1.54) is 24.1 Å². The molecule has 1 heterocycles. The van der Waals surface area contributed by atoms with Crippen LogP contribution in [0.2, 0.25) is 0 Å². The second-order valence-corrected chi connectivity index (χ2v) is 7.46. The molecular weight excluding hydrogens is 396 g/mol. The fourth-order valence-electron chi connectivity index (χ4n) is 3.36. The summed E-state index contributed by atoms with van der Waals surface area (Å²) < 4.78 is 0. The molecule has 1 aliphatic rings. The summed E-state index contributed by atoms with van der Waals surface area (Å²) >= 11 is 0. The molecule has 0 saturated heterocycles. The molecule has 0 spiro atoms. The number of phenols is 1. The summed E-state index contributed by atoms with van der Waals surface area (Å²) in [6.07, 6.45) is 0.685. The van der Waals surface area contributed by atoms with Gasteiger partial charge in [0, 0.05) is 21.1 Å². The van der Waals surface area contributed by atoms with Crippen molar-refractivity contribution in [1.29, 1.82) is 0 Å². The van der Waals surface area contributed by atoms with E-state index in [-0.39, 0.29) is 40.3 Å². The van der Waals surface area contributed by atoms with Gasteiger partial charge in [-0.25, -0.2) is 0 Å². The van der Waals surface area contributed by atoms with Crippen LogP contribution in [-0.4, -0.2) is 53.8 Å². The first-order valence-electron chi connectivity index (χ1n) is 9.95. The summed E-state index contributed by atoms with van der Waals surface area (Å²) in [5.74, 6) is -1.67. The van der Waals surface area contributed by atoms with Crippen molar-refractivity contribution in [2.75, 3.05) is 26.5 Å².